The third kappa shape index (κ3) is 1.48. The number of hydrogen-bond acceptors (Lipinski definition) is 3. The Balaban J connectivity index is 2.20. The van der Waals surface area contributed by atoms with Gasteiger partial charge in [0.2, 0.25) is 0 Å². The first-order chi connectivity index (χ1) is 8.66. The number of rotatable bonds is 1. The first-order valence-electron chi connectivity index (χ1n) is 5.59. The van der Waals surface area contributed by atoms with Crippen LogP contribution < -0.4 is 11.3 Å². The summed E-state index contributed by atoms with van der Waals surface area (Å²) in [6, 6.07) is 7.82. The van der Waals surface area contributed by atoms with Crippen molar-refractivity contribution in [2.45, 2.75) is 6.92 Å². The number of aromatic nitrogens is 2. The van der Waals surface area contributed by atoms with E-state index in [1.807, 2.05) is 31.2 Å². The lowest BCUT2D eigenvalue weighted by atomic mass is 10.0. The Morgan fingerprint density at radius 3 is 2.78 bits per heavy atom. The summed E-state index contributed by atoms with van der Waals surface area (Å²) in [6.07, 6.45) is 1.77. The number of para-hydroxylation sites is 1. The summed E-state index contributed by atoms with van der Waals surface area (Å²) < 4.78 is 0. The van der Waals surface area contributed by atoms with Gasteiger partial charge in [-0.1, -0.05) is 18.2 Å². The van der Waals surface area contributed by atoms with Gasteiger partial charge in [0.1, 0.15) is 5.82 Å². The predicted molar refractivity (Wildman–Crippen MR) is 72.9 cm³/mol. The molecular formula is C13H12N4O. The van der Waals surface area contributed by atoms with E-state index in [9.17, 15) is 4.79 Å². The van der Waals surface area contributed by atoms with Gasteiger partial charge in [-0.05, 0) is 19.1 Å². The Bertz CT molecular complexity index is 733. The molecule has 0 bridgehead atoms. The van der Waals surface area contributed by atoms with Crippen LogP contribution in [-0.2, 0) is 0 Å². The molecule has 5 heteroatoms. The number of H-pyrrole nitrogens is 2. The number of aromatic amines is 2. The molecule has 1 aromatic heterocycles. The van der Waals surface area contributed by atoms with Crippen LogP contribution in [0.4, 0.5) is 11.5 Å². The minimum atomic E-state index is -0.225. The van der Waals surface area contributed by atoms with Gasteiger partial charge in [0.25, 0.3) is 5.56 Å². The lowest BCUT2D eigenvalue weighted by Gasteiger charge is -2.00. The van der Waals surface area contributed by atoms with Gasteiger partial charge in [-0.2, -0.15) is 0 Å². The van der Waals surface area contributed by atoms with Gasteiger partial charge < -0.3 is 5.73 Å². The van der Waals surface area contributed by atoms with E-state index in [2.05, 4.69) is 15.2 Å². The number of nitrogen functional groups attached to an aromatic ring is 1. The van der Waals surface area contributed by atoms with E-state index >= 15 is 0 Å². The van der Waals surface area contributed by atoms with Crippen LogP contribution in [0.3, 0.4) is 0 Å². The molecule has 1 aromatic carbocycles. The first kappa shape index (κ1) is 10.6. The van der Waals surface area contributed by atoms with Gasteiger partial charge in [0, 0.05) is 16.8 Å². The van der Waals surface area contributed by atoms with Crippen LogP contribution in [0.2, 0.25) is 0 Å². The standard InChI is InChI=1S/C13H12N4O/c1-7-9(6-10-12(14)16-17-13(10)18)8-4-2-3-5-11(8)15-7/h2-6H,1H3,(H4,14,16,17,18). The molecule has 3 rings (SSSR count). The van der Waals surface area contributed by atoms with Crippen molar-refractivity contribution in [1.82, 2.24) is 10.2 Å². The van der Waals surface area contributed by atoms with Crippen molar-refractivity contribution >= 4 is 28.9 Å². The topological polar surface area (TPSA) is 87.0 Å². The largest absolute Gasteiger partial charge is 0.384 e. The molecule has 1 aliphatic rings. The minimum Gasteiger partial charge on any atom is -0.384 e. The summed E-state index contributed by atoms with van der Waals surface area (Å²) in [5, 5.41) is 5.07. The Morgan fingerprint density at radius 1 is 1.28 bits per heavy atom. The van der Waals surface area contributed by atoms with Crippen LogP contribution >= 0.6 is 0 Å². The SMILES string of the molecule is CC1=Nc2ccccc2C1=Cc1c(N)[nH][nH]c1=O. The van der Waals surface area contributed by atoms with E-state index in [0.29, 0.717) is 11.4 Å². The highest BCUT2D eigenvalue weighted by Gasteiger charge is 2.18. The van der Waals surface area contributed by atoms with Crippen molar-refractivity contribution < 1.29 is 0 Å². The highest BCUT2D eigenvalue weighted by Crippen LogP contribution is 2.35. The predicted octanol–water partition coefficient (Wildman–Crippen LogP) is 1.93. The van der Waals surface area contributed by atoms with Crippen molar-refractivity contribution in [2.75, 3.05) is 5.73 Å². The Hall–Kier alpha value is -2.56. The summed E-state index contributed by atoms with van der Waals surface area (Å²) in [5.41, 5.74) is 9.69. The molecule has 0 saturated heterocycles. The number of fused-ring (bicyclic) bond motifs is 1. The number of nitrogens with two attached hydrogens (primary N) is 1. The molecule has 0 radical (unpaired) electrons. The molecule has 1 aliphatic heterocycles. The van der Waals surface area contributed by atoms with E-state index in [1.165, 1.54) is 0 Å². The van der Waals surface area contributed by atoms with Crippen LogP contribution in [-0.4, -0.2) is 15.9 Å². The van der Waals surface area contributed by atoms with E-state index in [0.717, 1.165) is 22.5 Å². The van der Waals surface area contributed by atoms with E-state index < -0.39 is 0 Å². The summed E-state index contributed by atoms with van der Waals surface area (Å²) in [6.45, 7) is 1.92. The van der Waals surface area contributed by atoms with Crippen LogP contribution in [0.1, 0.15) is 18.1 Å². The number of aliphatic imine (C=N–C) groups is 1. The summed E-state index contributed by atoms with van der Waals surface area (Å²) >= 11 is 0. The van der Waals surface area contributed by atoms with Gasteiger partial charge in [0.15, 0.2) is 0 Å². The van der Waals surface area contributed by atoms with Gasteiger partial charge in [-0.25, -0.2) is 0 Å². The fourth-order valence-electron chi connectivity index (χ4n) is 2.09. The Morgan fingerprint density at radius 2 is 2.06 bits per heavy atom. The van der Waals surface area contributed by atoms with E-state index in [4.69, 9.17) is 5.73 Å². The maximum atomic E-state index is 11.6. The zero-order valence-electron chi connectivity index (χ0n) is 9.82. The lowest BCUT2D eigenvalue weighted by molar-refractivity contribution is 1.06. The van der Waals surface area contributed by atoms with Gasteiger partial charge in [-0.15, -0.1) is 0 Å². The average molecular weight is 240 g/mol. The molecule has 0 saturated carbocycles. The highest BCUT2D eigenvalue weighted by atomic mass is 16.1. The second kappa shape index (κ2) is 3.73. The average Bonchev–Trinajstić information content (AvgIpc) is 2.84. The fourth-order valence-corrected chi connectivity index (χ4v) is 2.09. The molecule has 18 heavy (non-hydrogen) atoms. The molecular weight excluding hydrogens is 228 g/mol. The number of anilines is 1. The molecule has 4 N–H and O–H groups in total. The molecule has 0 amide bonds. The number of nitrogens with one attached hydrogen (secondary N) is 2. The second-order valence-corrected chi connectivity index (χ2v) is 4.18. The van der Waals surface area contributed by atoms with Crippen molar-refractivity contribution in [3.8, 4) is 0 Å². The summed E-state index contributed by atoms with van der Waals surface area (Å²) in [5.74, 6) is 0.338. The number of benzene rings is 1. The number of nitrogens with zero attached hydrogens (tertiary/aromatic N) is 1. The van der Waals surface area contributed by atoms with Crippen molar-refractivity contribution in [3.05, 3.63) is 45.7 Å². The normalized spacial score (nSPS) is 15.8. The Labute approximate surface area is 103 Å². The fraction of sp³-hybridized carbons (Fsp3) is 0.0769. The monoisotopic (exact) mass is 240 g/mol. The quantitative estimate of drug-likeness (QED) is 0.711. The third-order valence-corrected chi connectivity index (χ3v) is 3.01. The highest BCUT2D eigenvalue weighted by molar-refractivity contribution is 6.31. The van der Waals surface area contributed by atoms with Gasteiger partial charge in [0.05, 0.1) is 11.3 Å². The molecule has 0 atom stereocenters. The van der Waals surface area contributed by atoms with E-state index in [1.54, 1.807) is 6.08 Å². The maximum absolute atomic E-state index is 11.6. The molecule has 0 unspecified atom stereocenters. The minimum absolute atomic E-state index is 0.225. The summed E-state index contributed by atoms with van der Waals surface area (Å²) in [4.78, 5) is 16.1. The molecule has 90 valence electrons. The lowest BCUT2D eigenvalue weighted by Crippen LogP contribution is -2.03. The van der Waals surface area contributed by atoms with Crippen molar-refractivity contribution in [3.63, 3.8) is 0 Å². The number of hydrogen-bond donors (Lipinski definition) is 3. The summed E-state index contributed by atoms with van der Waals surface area (Å²) in [7, 11) is 0. The van der Waals surface area contributed by atoms with Crippen LogP contribution in [0.15, 0.2) is 34.1 Å². The van der Waals surface area contributed by atoms with Crippen LogP contribution in [0.25, 0.3) is 11.6 Å². The molecule has 2 heterocycles. The molecule has 2 aromatic rings. The van der Waals surface area contributed by atoms with Gasteiger partial charge >= 0.3 is 0 Å². The van der Waals surface area contributed by atoms with Crippen LogP contribution in [0, 0.1) is 0 Å². The number of allylic oxidation sites excluding steroid dienone is 1. The first-order valence-corrected chi connectivity index (χ1v) is 5.59. The van der Waals surface area contributed by atoms with Crippen LogP contribution in [0.5, 0.6) is 0 Å². The molecule has 0 aliphatic carbocycles. The van der Waals surface area contributed by atoms with Gasteiger partial charge in [-0.3, -0.25) is 20.0 Å². The molecule has 5 nitrogen and oxygen atoms in total. The zero-order chi connectivity index (χ0) is 12.7. The van der Waals surface area contributed by atoms with Crippen molar-refractivity contribution in [2.24, 2.45) is 4.99 Å². The molecule has 0 spiro atoms. The van der Waals surface area contributed by atoms with E-state index in [-0.39, 0.29) is 5.56 Å². The smallest absolute Gasteiger partial charge is 0.273 e. The third-order valence-electron chi connectivity index (χ3n) is 3.01. The molecule has 0 fully saturated rings. The second-order valence-electron chi connectivity index (χ2n) is 4.18. The maximum Gasteiger partial charge on any atom is 0.273 e. The Kier molecular flexibility index (Phi) is 2.19. The van der Waals surface area contributed by atoms with Crippen molar-refractivity contribution in [1.29, 1.82) is 0 Å². The zero-order valence-corrected chi connectivity index (χ0v) is 9.82.